The molecular formula is C47H33FN4. The molecule has 4 nitrogen and oxygen atoms in total. The summed E-state index contributed by atoms with van der Waals surface area (Å²) in [6.07, 6.45) is 3.56. The summed E-state index contributed by atoms with van der Waals surface area (Å²) >= 11 is 0. The number of benzene rings is 8. The van der Waals surface area contributed by atoms with E-state index >= 15 is 4.39 Å². The van der Waals surface area contributed by atoms with Gasteiger partial charge in [-0.2, -0.15) is 0 Å². The summed E-state index contributed by atoms with van der Waals surface area (Å²) in [4.78, 5) is 13.7. The van der Waals surface area contributed by atoms with Gasteiger partial charge in [0.25, 0.3) is 0 Å². The molecule has 5 heteroatoms. The van der Waals surface area contributed by atoms with Gasteiger partial charge >= 0.3 is 0 Å². The van der Waals surface area contributed by atoms with Crippen LogP contribution < -0.4 is 9.80 Å². The summed E-state index contributed by atoms with van der Waals surface area (Å²) in [6, 6.07) is 51.9. The van der Waals surface area contributed by atoms with Crippen LogP contribution in [0.4, 0.5) is 38.8 Å². The smallest absolute Gasteiger partial charge is 0.234 e. The quantitative estimate of drug-likeness (QED) is 0.165. The molecule has 0 saturated heterocycles. The van der Waals surface area contributed by atoms with E-state index in [0.29, 0.717) is 5.95 Å². The van der Waals surface area contributed by atoms with Crippen LogP contribution in [0.25, 0.3) is 43.4 Å². The molecule has 0 unspecified atom stereocenters. The van der Waals surface area contributed by atoms with Gasteiger partial charge in [0.05, 0.1) is 17.1 Å². The third kappa shape index (κ3) is 4.45. The van der Waals surface area contributed by atoms with Crippen molar-refractivity contribution in [1.82, 2.24) is 9.97 Å². The molecule has 0 aliphatic heterocycles. The number of hydrogen-bond donors (Lipinski definition) is 0. The highest BCUT2D eigenvalue weighted by atomic mass is 19.1. The van der Waals surface area contributed by atoms with Crippen LogP contribution in [0.3, 0.4) is 0 Å². The molecule has 1 aromatic heterocycles. The second-order valence-corrected chi connectivity index (χ2v) is 14.0. The van der Waals surface area contributed by atoms with Crippen molar-refractivity contribution >= 4 is 66.7 Å². The van der Waals surface area contributed by atoms with Crippen LogP contribution in [-0.4, -0.2) is 9.97 Å². The monoisotopic (exact) mass is 672 g/mol. The number of hydrogen-bond acceptors (Lipinski definition) is 4. The first-order valence-corrected chi connectivity index (χ1v) is 17.6. The Labute approximate surface area is 301 Å². The maximum atomic E-state index is 15.2. The van der Waals surface area contributed by atoms with Gasteiger partial charge in [0.2, 0.25) is 5.95 Å². The second-order valence-electron chi connectivity index (χ2n) is 14.0. The van der Waals surface area contributed by atoms with Crippen molar-refractivity contribution in [3.63, 3.8) is 0 Å². The highest BCUT2D eigenvalue weighted by Crippen LogP contribution is 2.55. The van der Waals surface area contributed by atoms with Gasteiger partial charge in [0.1, 0.15) is 5.82 Å². The molecule has 1 heterocycles. The van der Waals surface area contributed by atoms with E-state index in [4.69, 9.17) is 0 Å². The van der Waals surface area contributed by atoms with E-state index in [1.807, 2.05) is 30.3 Å². The fourth-order valence-electron chi connectivity index (χ4n) is 8.45. The minimum Gasteiger partial charge on any atom is -0.309 e. The van der Waals surface area contributed by atoms with Gasteiger partial charge in [0, 0.05) is 45.5 Å². The average molecular weight is 673 g/mol. The lowest BCUT2D eigenvalue weighted by atomic mass is 9.82. The third-order valence-electron chi connectivity index (χ3n) is 10.8. The van der Waals surface area contributed by atoms with Gasteiger partial charge in [0.15, 0.2) is 0 Å². The normalized spacial score (nSPS) is 13.1. The number of para-hydroxylation sites is 1. The minimum absolute atomic E-state index is 0.179. The summed E-state index contributed by atoms with van der Waals surface area (Å²) in [6.45, 7) is 4.59. The van der Waals surface area contributed by atoms with Gasteiger partial charge < -0.3 is 4.90 Å². The Balaban J connectivity index is 1.26. The lowest BCUT2D eigenvalue weighted by molar-refractivity contribution is 0.628. The van der Waals surface area contributed by atoms with Crippen molar-refractivity contribution in [2.75, 3.05) is 9.80 Å². The first kappa shape index (κ1) is 30.3. The lowest BCUT2D eigenvalue weighted by Crippen LogP contribution is -2.16. The van der Waals surface area contributed by atoms with Gasteiger partial charge in [-0.25, -0.2) is 14.4 Å². The molecule has 1 aliphatic rings. The number of aromatic nitrogens is 2. The van der Waals surface area contributed by atoms with Crippen molar-refractivity contribution in [3.05, 3.63) is 181 Å². The summed E-state index contributed by atoms with van der Waals surface area (Å²) in [5.41, 5.74) is 9.52. The molecular weight excluding hydrogens is 640 g/mol. The molecule has 0 amide bonds. The van der Waals surface area contributed by atoms with Crippen LogP contribution in [-0.2, 0) is 5.41 Å². The maximum absolute atomic E-state index is 15.2. The van der Waals surface area contributed by atoms with Crippen molar-refractivity contribution in [3.8, 4) is 11.1 Å². The zero-order valence-corrected chi connectivity index (χ0v) is 28.8. The largest absolute Gasteiger partial charge is 0.309 e. The van der Waals surface area contributed by atoms with Crippen LogP contribution in [0.1, 0.15) is 25.0 Å². The topological polar surface area (TPSA) is 32.3 Å². The molecule has 52 heavy (non-hydrogen) atoms. The zero-order chi connectivity index (χ0) is 35.0. The van der Waals surface area contributed by atoms with E-state index < -0.39 is 0 Å². The number of fused-ring (bicyclic) bond motifs is 3. The standard InChI is InChI=1S/C47H33FN4/c1-47(2)38-16-7-6-15-35(38)45-39(47)17-9-18-42(45)51(34-14-8-11-32(48)29-34)40-25-21-30-20-24-37-41(26-22-31-19-23-36(40)43(30)44(31)37)52(33-12-4-3-5-13-33)46-49-27-10-28-50-46/h3-29H,1-2H3. The number of halogens is 1. The molecule has 0 atom stereocenters. The maximum Gasteiger partial charge on any atom is 0.234 e. The highest BCUT2D eigenvalue weighted by molar-refractivity contribution is 6.28. The van der Waals surface area contributed by atoms with Crippen LogP contribution in [0.2, 0.25) is 0 Å². The Morgan fingerprint density at radius 2 is 1.10 bits per heavy atom. The Bertz CT molecular complexity index is 2760. The van der Waals surface area contributed by atoms with Crippen LogP contribution in [0.5, 0.6) is 0 Å². The average Bonchev–Trinajstić information content (AvgIpc) is 3.42. The number of nitrogens with zero attached hydrogens (tertiary/aromatic N) is 4. The van der Waals surface area contributed by atoms with E-state index in [1.165, 1.54) is 28.3 Å². The Morgan fingerprint density at radius 1 is 0.500 bits per heavy atom. The molecule has 0 fully saturated rings. The second kappa shape index (κ2) is 11.5. The van der Waals surface area contributed by atoms with Crippen molar-refractivity contribution < 1.29 is 4.39 Å². The minimum atomic E-state index is -0.276. The van der Waals surface area contributed by atoms with E-state index in [2.05, 4.69) is 137 Å². The molecule has 1 aliphatic carbocycles. The summed E-state index contributed by atoms with van der Waals surface area (Å²) in [5.74, 6) is 0.324. The molecule has 10 rings (SSSR count). The fourth-order valence-corrected chi connectivity index (χ4v) is 8.45. The molecule has 0 radical (unpaired) electrons. The van der Waals surface area contributed by atoms with Gasteiger partial charge in [-0.1, -0.05) is 111 Å². The Hall–Kier alpha value is -6.59. The molecule has 0 N–H and O–H groups in total. The fraction of sp³-hybridized carbons (Fsp3) is 0.0638. The zero-order valence-electron chi connectivity index (χ0n) is 28.8. The van der Waals surface area contributed by atoms with Gasteiger partial charge in [-0.15, -0.1) is 0 Å². The molecule has 0 saturated carbocycles. The van der Waals surface area contributed by atoms with Crippen molar-refractivity contribution in [2.45, 2.75) is 19.3 Å². The molecule has 8 aromatic carbocycles. The molecule has 248 valence electrons. The Kier molecular flexibility index (Phi) is 6.67. The number of anilines is 6. The van der Waals surface area contributed by atoms with E-state index in [1.54, 1.807) is 24.5 Å². The SMILES string of the molecule is CC1(C)c2ccccc2-c2c(N(c3cccc(F)c3)c3ccc4ccc5c(N(c6ccccc6)c6ncccn6)ccc6ccc3c4c65)cccc21. The third-order valence-corrected chi connectivity index (χ3v) is 10.8. The predicted molar refractivity (Wildman–Crippen MR) is 213 cm³/mol. The lowest BCUT2D eigenvalue weighted by Gasteiger charge is -2.30. The van der Waals surface area contributed by atoms with Gasteiger partial charge in [-0.05, 0) is 92.8 Å². The van der Waals surface area contributed by atoms with E-state index in [-0.39, 0.29) is 11.2 Å². The molecule has 0 spiro atoms. The summed E-state index contributed by atoms with van der Waals surface area (Å²) in [5, 5.41) is 6.78. The predicted octanol–water partition coefficient (Wildman–Crippen LogP) is 12.8. The van der Waals surface area contributed by atoms with E-state index in [9.17, 15) is 0 Å². The first-order chi connectivity index (χ1) is 25.5. The van der Waals surface area contributed by atoms with Crippen LogP contribution in [0.15, 0.2) is 164 Å². The molecule has 9 aromatic rings. The summed E-state index contributed by atoms with van der Waals surface area (Å²) in [7, 11) is 0. The number of rotatable bonds is 6. The van der Waals surface area contributed by atoms with Crippen molar-refractivity contribution in [1.29, 1.82) is 0 Å². The first-order valence-electron chi connectivity index (χ1n) is 17.6. The molecule has 0 bridgehead atoms. The highest BCUT2D eigenvalue weighted by Gasteiger charge is 2.38. The van der Waals surface area contributed by atoms with Crippen molar-refractivity contribution in [2.24, 2.45) is 0 Å². The summed E-state index contributed by atoms with van der Waals surface area (Å²) < 4.78 is 15.2. The van der Waals surface area contributed by atoms with Crippen LogP contribution >= 0.6 is 0 Å². The van der Waals surface area contributed by atoms with Crippen LogP contribution in [0, 0.1) is 5.82 Å². The van der Waals surface area contributed by atoms with Gasteiger partial charge in [-0.3, -0.25) is 4.90 Å². The van der Waals surface area contributed by atoms with E-state index in [0.717, 1.165) is 60.8 Å². The Morgan fingerprint density at radius 3 is 1.81 bits per heavy atom.